The van der Waals surface area contributed by atoms with E-state index in [-0.39, 0.29) is 30.6 Å². The van der Waals surface area contributed by atoms with E-state index in [9.17, 15) is 14.4 Å². The Kier molecular flexibility index (Phi) is 4.86. The molecule has 0 spiro atoms. The number of carbonyl (C=O) groups is 3. The molecular formula is C22H22N2O4. The Balaban J connectivity index is 1.61. The molecule has 0 saturated carbocycles. The maximum atomic E-state index is 13.2. The van der Waals surface area contributed by atoms with E-state index < -0.39 is 12.1 Å². The highest BCUT2D eigenvalue weighted by Crippen LogP contribution is 2.30. The van der Waals surface area contributed by atoms with Crippen molar-refractivity contribution in [1.82, 2.24) is 9.80 Å². The summed E-state index contributed by atoms with van der Waals surface area (Å²) in [7, 11) is 1.59. The van der Waals surface area contributed by atoms with E-state index in [1.807, 2.05) is 42.5 Å². The number of benzene rings is 2. The summed E-state index contributed by atoms with van der Waals surface area (Å²) in [6, 6.07) is 15.2. The quantitative estimate of drug-likeness (QED) is 0.748. The van der Waals surface area contributed by atoms with Crippen LogP contribution in [0.25, 0.3) is 0 Å². The standard InChI is InChI=1S/C22H22N2O4/c1-28-17-9-7-16(8-10-17)14-24-20-19(25)12-11-18(21(24)26)23(22(20)27)13-15-5-3-2-4-6-15/h2-10,18,20H,11-14H2,1H3/t18-,20-/m1/s1. The van der Waals surface area contributed by atoms with Gasteiger partial charge in [0.15, 0.2) is 11.8 Å². The van der Waals surface area contributed by atoms with Crippen molar-refractivity contribution in [3.63, 3.8) is 0 Å². The van der Waals surface area contributed by atoms with Gasteiger partial charge in [-0.25, -0.2) is 0 Å². The van der Waals surface area contributed by atoms with Crippen molar-refractivity contribution < 1.29 is 19.1 Å². The molecule has 3 aliphatic rings. The molecular weight excluding hydrogens is 356 g/mol. The molecule has 2 aromatic carbocycles. The molecule has 5 rings (SSSR count). The first-order chi connectivity index (χ1) is 13.6. The van der Waals surface area contributed by atoms with Gasteiger partial charge >= 0.3 is 0 Å². The van der Waals surface area contributed by atoms with Crippen LogP contribution in [0, 0.1) is 0 Å². The molecule has 2 bridgehead atoms. The van der Waals surface area contributed by atoms with Gasteiger partial charge in [0.05, 0.1) is 7.11 Å². The third kappa shape index (κ3) is 3.26. The Labute approximate surface area is 163 Å². The number of piperazine rings is 1. The summed E-state index contributed by atoms with van der Waals surface area (Å²) in [5.74, 6) is 0.116. The number of carbonyl (C=O) groups excluding carboxylic acids is 3. The Hall–Kier alpha value is -3.15. The lowest BCUT2D eigenvalue weighted by Gasteiger charge is -2.42. The van der Waals surface area contributed by atoms with Crippen molar-refractivity contribution in [3.05, 3.63) is 65.7 Å². The molecule has 144 valence electrons. The van der Waals surface area contributed by atoms with Crippen molar-refractivity contribution in [2.75, 3.05) is 7.11 Å². The molecule has 0 radical (unpaired) electrons. The van der Waals surface area contributed by atoms with Gasteiger partial charge in [0.1, 0.15) is 11.8 Å². The number of amides is 2. The van der Waals surface area contributed by atoms with Gasteiger partial charge in [0, 0.05) is 19.5 Å². The molecule has 0 aromatic heterocycles. The summed E-state index contributed by atoms with van der Waals surface area (Å²) in [5, 5.41) is 0. The predicted molar refractivity (Wildman–Crippen MR) is 102 cm³/mol. The molecule has 6 nitrogen and oxygen atoms in total. The average molecular weight is 378 g/mol. The molecule has 3 aliphatic heterocycles. The number of ketones is 1. The van der Waals surface area contributed by atoms with E-state index in [0.29, 0.717) is 18.7 Å². The van der Waals surface area contributed by atoms with E-state index in [2.05, 4.69) is 0 Å². The molecule has 3 fully saturated rings. The first kappa shape index (κ1) is 18.2. The molecule has 0 unspecified atom stereocenters. The van der Waals surface area contributed by atoms with Crippen LogP contribution in [0.4, 0.5) is 0 Å². The lowest BCUT2D eigenvalue weighted by atomic mass is 10.0. The fourth-order valence-corrected chi connectivity index (χ4v) is 3.97. The number of methoxy groups -OCH3 is 1. The van der Waals surface area contributed by atoms with Gasteiger partial charge in [-0.1, -0.05) is 42.5 Å². The van der Waals surface area contributed by atoms with Gasteiger partial charge in [-0.05, 0) is 29.7 Å². The number of hydrogen-bond donors (Lipinski definition) is 0. The van der Waals surface area contributed by atoms with Crippen LogP contribution in [-0.4, -0.2) is 46.6 Å². The molecule has 2 atom stereocenters. The van der Waals surface area contributed by atoms with Crippen molar-refractivity contribution in [2.24, 2.45) is 0 Å². The number of rotatable bonds is 5. The highest BCUT2D eigenvalue weighted by molar-refractivity contribution is 6.13. The maximum absolute atomic E-state index is 13.2. The number of fused-ring (bicyclic) bond motifs is 4. The normalized spacial score (nSPS) is 21.8. The van der Waals surface area contributed by atoms with E-state index in [4.69, 9.17) is 4.74 Å². The summed E-state index contributed by atoms with van der Waals surface area (Å²) >= 11 is 0. The molecule has 0 aliphatic carbocycles. The smallest absolute Gasteiger partial charge is 0.254 e. The fraction of sp³-hybridized carbons (Fsp3) is 0.318. The number of Topliss-reactive ketones (excluding diaryl/α,β-unsaturated/α-hetero) is 1. The first-order valence-electron chi connectivity index (χ1n) is 9.39. The monoisotopic (exact) mass is 378 g/mol. The summed E-state index contributed by atoms with van der Waals surface area (Å²) in [5.41, 5.74) is 1.81. The molecule has 6 heteroatoms. The minimum atomic E-state index is -1.03. The SMILES string of the molecule is COc1ccc(CN2C(=O)[C@H]3CCC(=O)[C@@H]2C(=O)N3Cc2ccccc2)cc1. The van der Waals surface area contributed by atoms with Crippen LogP contribution in [0.2, 0.25) is 0 Å². The third-order valence-electron chi connectivity index (χ3n) is 5.45. The second kappa shape index (κ2) is 7.46. The van der Waals surface area contributed by atoms with E-state index in [1.54, 1.807) is 24.1 Å². The summed E-state index contributed by atoms with van der Waals surface area (Å²) in [4.78, 5) is 42.0. The van der Waals surface area contributed by atoms with Crippen LogP contribution in [-0.2, 0) is 27.5 Å². The third-order valence-corrected chi connectivity index (χ3v) is 5.45. The van der Waals surface area contributed by atoms with Crippen LogP contribution in [0.5, 0.6) is 5.75 Å². The lowest BCUT2D eigenvalue weighted by molar-refractivity contribution is -0.163. The Bertz CT molecular complexity index is 895. The van der Waals surface area contributed by atoms with E-state index >= 15 is 0 Å². The van der Waals surface area contributed by atoms with Crippen LogP contribution >= 0.6 is 0 Å². The maximum Gasteiger partial charge on any atom is 0.254 e. The molecule has 2 aromatic rings. The average Bonchev–Trinajstić information content (AvgIpc) is 2.91. The van der Waals surface area contributed by atoms with Gasteiger partial charge < -0.3 is 14.5 Å². The van der Waals surface area contributed by atoms with E-state index in [1.165, 1.54) is 4.90 Å². The highest BCUT2D eigenvalue weighted by atomic mass is 16.5. The topological polar surface area (TPSA) is 66.9 Å². The molecule has 2 amide bonds. The van der Waals surface area contributed by atoms with Gasteiger partial charge in [0.2, 0.25) is 5.91 Å². The number of ether oxygens (including phenoxy) is 1. The molecule has 28 heavy (non-hydrogen) atoms. The number of nitrogens with zero attached hydrogens (tertiary/aromatic N) is 2. The van der Waals surface area contributed by atoms with Crippen LogP contribution < -0.4 is 4.74 Å². The van der Waals surface area contributed by atoms with E-state index in [0.717, 1.165) is 11.1 Å². The van der Waals surface area contributed by atoms with Crippen LogP contribution in [0.1, 0.15) is 24.0 Å². The van der Waals surface area contributed by atoms with Gasteiger partial charge in [-0.3, -0.25) is 14.4 Å². The number of hydrogen-bond acceptors (Lipinski definition) is 4. The van der Waals surface area contributed by atoms with Crippen molar-refractivity contribution in [1.29, 1.82) is 0 Å². The zero-order chi connectivity index (χ0) is 19.7. The minimum Gasteiger partial charge on any atom is -0.497 e. The minimum absolute atomic E-state index is 0.151. The van der Waals surface area contributed by atoms with Crippen molar-refractivity contribution in [3.8, 4) is 5.75 Å². The highest BCUT2D eigenvalue weighted by Gasteiger charge is 2.51. The van der Waals surface area contributed by atoms with Crippen LogP contribution in [0.15, 0.2) is 54.6 Å². The fourth-order valence-electron chi connectivity index (χ4n) is 3.97. The largest absolute Gasteiger partial charge is 0.497 e. The Morgan fingerprint density at radius 3 is 2.18 bits per heavy atom. The second-order valence-electron chi connectivity index (χ2n) is 7.19. The zero-order valence-corrected chi connectivity index (χ0v) is 15.7. The Morgan fingerprint density at radius 2 is 1.50 bits per heavy atom. The summed E-state index contributed by atoms with van der Waals surface area (Å²) in [6.45, 7) is 0.580. The predicted octanol–water partition coefficient (Wildman–Crippen LogP) is 2.17. The van der Waals surface area contributed by atoms with Gasteiger partial charge in [-0.2, -0.15) is 0 Å². The lowest BCUT2D eigenvalue weighted by Crippen LogP contribution is -2.63. The van der Waals surface area contributed by atoms with Gasteiger partial charge in [0.25, 0.3) is 5.91 Å². The van der Waals surface area contributed by atoms with Crippen molar-refractivity contribution >= 4 is 17.6 Å². The zero-order valence-electron chi connectivity index (χ0n) is 15.7. The van der Waals surface area contributed by atoms with Crippen LogP contribution in [0.3, 0.4) is 0 Å². The molecule has 3 heterocycles. The van der Waals surface area contributed by atoms with Crippen molar-refractivity contribution in [2.45, 2.75) is 38.0 Å². The van der Waals surface area contributed by atoms with Gasteiger partial charge in [-0.15, -0.1) is 0 Å². The molecule has 3 saturated heterocycles. The summed E-state index contributed by atoms with van der Waals surface area (Å²) in [6.07, 6.45) is 0.628. The first-order valence-corrected chi connectivity index (χ1v) is 9.39. The Morgan fingerprint density at radius 1 is 0.857 bits per heavy atom. The second-order valence-corrected chi connectivity index (χ2v) is 7.19. The summed E-state index contributed by atoms with van der Waals surface area (Å²) < 4.78 is 5.16. The molecule has 0 N–H and O–H groups in total.